The lowest BCUT2D eigenvalue weighted by Crippen LogP contribution is -2.33. The van der Waals surface area contributed by atoms with Crippen LogP contribution >= 0.6 is 0 Å². The zero-order valence-electron chi connectivity index (χ0n) is 7.02. The van der Waals surface area contributed by atoms with E-state index >= 15 is 0 Å². The highest BCUT2D eigenvalue weighted by Gasteiger charge is 1.99. The summed E-state index contributed by atoms with van der Waals surface area (Å²) in [5, 5.41) is 7.05. The molecule has 0 rings (SSSR count). The molecule has 0 aromatic heterocycles. The quantitative estimate of drug-likeness (QED) is 0.454. The summed E-state index contributed by atoms with van der Waals surface area (Å²) in [7, 11) is 1.84. The molecule has 0 saturated heterocycles. The van der Waals surface area contributed by atoms with Gasteiger partial charge in [0.25, 0.3) is 0 Å². The zero-order chi connectivity index (χ0) is 8.15. The lowest BCUT2D eigenvalue weighted by atomic mass is 10.1. The van der Waals surface area contributed by atoms with Crippen LogP contribution in [0.1, 0.15) is 20.3 Å². The molecule has 0 aliphatic heterocycles. The zero-order valence-corrected chi connectivity index (χ0v) is 7.02. The van der Waals surface area contributed by atoms with E-state index in [0.29, 0.717) is 5.92 Å². The molecule has 0 aliphatic carbocycles. The molecular weight excluding hydrogens is 126 g/mol. The topological polar surface area (TPSA) is 53.1 Å². The van der Waals surface area contributed by atoms with Crippen LogP contribution < -0.4 is 5.73 Å². The fourth-order valence-electron chi connectivity index (χ4n) is 0.572. The molecule has 3 nitrogen and oxygen atoms in total. The Morgan fingerprint density at radius 2 is 2.10 bits per heavy atom. The molecule has 10 heavy (non-hydrogen) atoms. The molecule has 0 atom stereocenters. The van der Waals surface area contributed by atoms with Crippen molar-refractivity contribution < 1.29 is 0 Å². The van der Waals surface area contributed by atoms with Gasteiger partial charge in [0, 0.05) is 13.6 Å². The van der Waals surface area contributed by atoms with Crippen molar-refractivity contribution in [3.8, 4) is 0 Å². The molecular formula is C7H17N3. The fourth-order valence-corrected chi connectivity index (χ4v) is 0.572. The highest BCUT2D eigenvalue weighted by molar-refractivity contribution is 5.74. The van der Waals surface area contributed by atoms with Gasteiger partial charge in [-0.3, -0.25) is 5.41 Å². The van der Waals surface area contributed by atoms with Gasteiger partial charge in [-0.1, -0.05) is 13.8 Å². The van der Waals surface area contributed by atoms with Gasteiger partial charge in [0.15, 0.2) is 5.96 Å². The number of nitrogens with zero attached hydrogens (tertiary/aromatic N) is 1. The molecule has 0 heterocycles. The monoisotopic (exact) mass is 143 g/mol. The number of rotatable bonds is 3. The number of guanidine groups is 1. The van der Waals surface area contributed by atoms with Gasteiger partial charge in [-0.15, -0.1) is 0 Å². The van der Waals surface area contributed by atoms with Gasteiger partial charge >= 0.3 is 0 Å². The second-order valence-electron chi connectivity index (χ2n) is 2.99. The summed E-state index contributed by atoms with van der Waals surface area (Å²) in [6.07, 6.45) is 1.09. The molecule has 0 spiro atoms. The summed E-state index contributed by atoms with van der Waals surface area (Å²) in [5.41, 5.74) is 5.23. The van der Waals surface area contributed by atoms with Crippen LogP contribution in [0.25, 0.3) is 0 Å². The van der Waals surface area contributed by atoms with E-state index in [1.54, 1.807) is 4.90 Å². The molecule has 0 aromatic rings. The first-order valence-electron chi connectivity index (χ1n) is 3.59. The van der Waals surface area contributed by atoms with Gasteiger partial charge in [-0.2, -0.15) is 0 Å². The third kappa shape index (κ3) is 4.18. The van der Waals surface area contributed by atoms with Crippen LogP contribution in [0.15, 0.2) is 0 Å². The Bertz CT molecular complexity index is 109. The average Bonchev–Trinajstić information content (AvgIpc) is 1.82. The molecule has 0 amide bonds. The summed E-state index contributed by atoms with van der Waals surface area (Å²) in [6.45, 7) is 5.20. The van der Waals surface area contributed by atoms with Crippen molar-refractivity contribution in [2.24, 2.45) is 11.7 Å². The minimum Gasteiger partial charge on any atom is -0.370 e. The largest absolute Gasteiger partial charge is 0.370 e. The molecule has 0 fully saturated rings. The third-order valence-electron chi connectivity index (χ3n) is 1.45. The van der Waals surface area contributed by atoms with Crippen molar-refractivity contribution >= 4 is 5.96 Å². The van der Waals surface area contributed by atoms with Crippen LogP contribution in [0.2, 0.25) is 0 Å². The standard InChI is InChI=1S/C7H17N3/c1-6(2)4-5-10(3)7(8)9/h6H,4-5H2,1-3H3,(H3,8,9). The second-order valence-corrected chi connectivity index (χ2v) is 2.99. The molecule has 3 N–H and O–H groups in total. The van der Waals surface area contributed by atoms with E-state index < -0.39 is 0 Å². The molecule has 0 aliphatic rings. The summed E-state index contributed by atoms with van der Waals surface area (Å²) in [4.78, 5) is 1.75. The van der Waals surface area contributed by atoms with Crippen LogP contribution in [0.3, 0.4) is 0 Å². The lowest BCUT2D eigenvalue weighted by molar-refractivity contribution is 0.432. The molecule has 0 saturated carbocycles. The Hall–Kier alpha value is -0.730. The SMILES string of the molecule is CC(C)CCN(C)C(=N)N. The van der Waals surface area contributed by atoms with E-state index in [2.05, 4.69) is 13.8 Å². The Morgan fingerprint density at radius 3 is 2.40 bits per heavy atom. The van der Waals surface area contributed by atoms with E-state index in [4.69, 9.17) is 11.1 Å². The maximum Gasteiger partial charge on any atom is 0.188 e. The van der Waals surface area contributed by atoms with E-state index in [1.165, 1.54) is 0 Å². The highest BCUT2D eigenvalue weighted by Crippen LogP contribution is 1.99. The first-order chi connectivity index (χ1) is 4.54. The molecule has 0 bridgehead atoms. The highest BCUT2D eigenvalue weighted by atomic mass is 15.2. The van der Waals surface area contributed by atoms with Crippen LogP contribution in [0.4, 0.5) is 0 Å². The predicted octanol–water partition coefficient (Wildman–Crippen LogP) is 0.858. The minimum absolute atomic E-state index is 0.153. The first kappa shape index (κ1) is 9.27. The number of nitrogens with one attached hydrogen (secondary N) is 1. The maximum absolute atomic E-state index is 7.05. The van der Waals surface area contributed by atoms with Gasteiger partial charge in [-0.05, 0) is 12.3 Å². The van der Waals surface area contributed by atoms with Gasteiger partial charge in [-0.25, -0.2) is 0 Å². The van der Waals surface area contributed by atoms with Gasteiger partial charge in [0.05, 0.1) is 0 Å². The summed E-state index contributed by atoms with van der Waals surface area (Å²) in [5.74, 6) is 0.836. The third-order valence-corrected chi connectivity index (χ3v) is 1.45. The number of hydrogen-bond donors (Lipinski definition) is 2. The molecule has 3 heteroatoms. The van der Waals surface area contributed by atoms with Crippen molar-refractivity contribution in [3.05, 3.63) is 0 Å². The van der Waals surface area contributed by atoms with Crippen molar-refractivity contribution in [1.29, 1.82) is 5.41 Å². The minimum atomic E-state index is 0.153. The van der Waals surface area contributed by atoms with E-state index in [0.717, 1.165) is 13.0 Å². The van der Waals surface area contributed by atoms with Gasteiger partial charge < -0.3 is 10.6 Å². The summed E-state index contributed by atoms with van der Waals surface area (Å²) >= 11 is 0. The van der Waals surface area contributed by atoms with Crippen LogP contribution in [0.5, 0.6) is 0 Å². The summed E-state index contributed by atoms with van der Waals surface area (Å²) in [6, 6.07) is 0. The lowest BCUT2D eigenvalue weighted by Gasteiger charge is -2.17. The normalized spacial score (nSPS) is 10.0. The number of nitrogens with two attached hydrogens (primary N) is 1. The van der Waals surface area contributed by atoms with Crippen molar-refractivity contribution in [1.82, 2.24) is 4.90 Å². The van der Waals surface area contributed by atoms with Crippen molar-refractivity contribution in [2.45, 2.75) is 20.3 Å². The molecule has 60 valence electrons. The van der Waals surface area contributed by atoms with Crippen molar-refractivity contribution in [3.63, 3.8) is 0 Å². The first-order valence-corrected chi connectivity index (χ1v) is 3.59. The van der Waals surface area contributed by atoms with Gasteiger partial charge in [0.2, 0.25) is 0 Å². The average molecular weight is 143 g/mol. The Labute approximate surface area is 62.7 Å². The maximum atomic E-state index is 7.05. The molecule has 0 aromatic carbocycles. The summed E-state index contributed by atoms with van der Waals surface area (Å²) < 4.78 is 0. The second kappa shape index (κ2) is 4.14. The van der Waals surface area contributed by atoms with Crippen LogP contribution in [-0.2, 0) is 0 Å². The van der Waals surface area contributed by atoms with Crippen LogP contribution in [0, 0.1) is 11.3 Å². The predicted molar refractivity (Wildman–Crippen MR) is 44.0 cm³/mol. The Kier molecular flexibility index (Phi) is 3.84. The van der Waals surface area contributed by atoms with E-state index in [-0.39, 0.29) is 5.96 Å². The molecule has 0 radical (unpaired) electrons. The van der Waals surface area contributed by atoms with E-state index in [9.17, 15) is 0 Å². The van der Waals surface area contributed by atoms with E-state index in [1.807, 2.05) is 7.05 Å². The number of hydrogen-bond acceptors (Lipinski definition) is 1. The van der Waals surface area contributed by atoms with Gasteiger partial charge in [0.1, 0.15) is 0 Å². The van der Waals surface area contributed by atoms with Crippen molar-refractivity contribution in [2.75, 3.05) is 13.6 Å². The van der Waals surface area contributed by atoms with Crippen LogP contribution in [-0.4, -0.2) is 24.5 Å². The fraction of sp³-hybridized carbons (Fsp3) is 0.857. The Balaban J connectivity index is 3.40. The molecule has 0 unspecified atom stereocenters. The smallest absolute Gasteiger partial charge is 0.188 e. The Morgan fingerprint density at radius 1 is 1.60 bits per heavy atom.